The molecular weight excluding hydrogens is 286 g/mol. The Balaban J connectivity index is 3.02. The summed E-state index contributed by atoms with van der Waals surface area (Å²) in [5.41, 5.74) is -1.14. The van der Waals surface area contributed by atoms with Crippen LogP contribution in [0, 0.1) is 0 Å². The summed E-state index contributed by atoms with van der Waals surface area (Å²) in [4.78, 5) is 11.2. The van der Waals surface area contributed by atoms with Crippen molar-refractivity contribution in [1.82, 2.24) is 4.72 Å². The zero-order valence-corrected chi connectivity index (χ0v) is 12.0. The number of nitrogens with one attached hydrogen (secondary N) is 1. The molecule has 20 heavy (non-hydrogen) atoms. The second-order valence-corrected chi connectivity index (χ2v) is 6.18. The van der Waals surface area contributed by atoms with E-state index in [-0.39, 0.29) is 10.5 Å². The molecule has 0 fully saturated rings. The molecule has 0 heterocycles. The van der Waals surface area contributed by atoms with E-state index in [2.05, 4.69) is 9.46 Å². The van der Waals surface area contributed by atoms with Crippen molar-refractivity contribution in [3.8, 4) is 0 Å². The second kappa shape index (κ2) is 6.31. The lowest BCUT2D eigenvalue weighted by Crippen LogP contribution is -2.51. The molecule has 7 nitrogen and oxygen atoms in total. The summed E-state index contributed by atoms with van der Waals surface area (Å²) < 4.78 is 30.8. The molecule has 1 aromatic carbocycles. The van der Waals surface area contributed by atoms with Crippen LogP contribution in [0.5, 0.6) is 0 Å². The summed E-state index contributed by atoms with van der Waals surface area (Å²) in [6.45, 7) is 0.263. The van der Waals surface area contributed by atoms with Crippen LogP contribution in [0.25, 0.3) is 0 Å². The first kappa shape index (κ1) is 16.6. The van der Waals surface area contributed by atoms with Crippen LogP contribution in [0.1, 0.15) is 17.3 Å². The molecule has 0 aliphatic rings. The van der Waals surface area contributed by atoms with Gasteiger partial charge in [0, 0.05) is 0 Å². The van der Waals surface area contributed by atoms with Crippen LogP contribution in [0.3, 0.4) is 0 Å². The van der Waals surface area contributed by atoms with Gasteiger partial charge in [-0.15, -0.1) is 0 Å². The molecule has 0 radical (unpaired) electrons. The largest absolute Gasteiger partial charge is 0.465 e. The lowest BCUT2D eigenvalue weighted by molar-refractivity contribution is 0.0600. The fourth-order valence-corrected chi connectivity index (χ4v) is 2.78. The second-order valence-electron chi connectivity index (χ2n) is 4.50. The summed E-state index contributed by atoms with van der Waals surface area (Å²) in [6, 6.07) is 5.11. The minimum absolute atomic E-state index is 0.0849. The number of aliphatic hydroxyl groups is 2. The highest BCUT2D eigenvalue weighted by Crippen LogP contribution is 2.14. The molecule has 112 valence electrons. The van der Waals surface area contributed by atoms with E-state index in [0.717, 1.165) is 0 Å². The minimum Gasteiger partial charge on any atom is -0.465 e. The van der Waals surface area contributed by atoms with Crippen molar-refractivity contribution in [2.45, 2.75) is 17.4 Å². The number of esters is 1. The maximum Gasteiger partial charge on any atom is 0.337 e. The van der Waals surface area contributed by atoms with E-state index in [4.69, 9.17) is 10.2 Å². The number of methoxy groups -OCH3 is 1. The van der Waals surface area contributed by atoms with Crippen molar-refractivity contribution in [1.29, 1.82) is 0 Å². The van der Waals surface area contributed by atoms with Gasteiger partial charge in [-0.25, -0.2) is 17.9 Å². The topological polar surface area (TPSA) is 113 Å². The Hall–Kier alpha value is -1.48. The van der Waals surface area contributed by atoms with Crippen LogP contribution in [-0.4, -0.2) is 50.5 Å². The van der Waals surface area contributed by atoms with Gasteiger partial charge in [-0.1, -0.05) is 0 Å². The molecule has 1 rings (SSSR count). The van der Waals surface area contributed by atoms with Crippen molar-refractivity contribution in [3.63, 3.8) is 0 Å². The minimum atomic E-state index is -3.91. The third kappa shape index (κ3) is 3.76. The Kier molecular flexibility index (Phi) is 5.23. The smallest absolute Gasteiger partial charge is 0.337 e. The van der Waals surface area contributed by atoms with Gasteiger partial charge in [-0.05, 0) is 31.2 Å². The van der Waals surface area contributed by atoms with E-state index in [1.54, 1.807) is 0 Å². The molecule has 0 atom stereocenters. The number of aliphatic hydroxyl groups excluding tert-OH is 2. The highest BCUT2D eigenvalue weighted by atomic mass is 32.2. The summed E-state index contributed by atoms with van der Waals surface area (Å²) in [5, 5.41) is 18.2. The van der Waals surface area contributed by atoms with Crippen LogP contribution >= 0.6 is 0 Å². The molecule has 8 heteroatoms. The van der Waals surface area contributed by atoms with Crippen LogP contribution < -0.4 is 4.72 Å². The van der Waals surface area contributed by atoms with Crippen LogP contribution in [0.4, 0.5) is 0 Å². The van der Waals surface area contributed by atoms with E-state index in [9.17, 15) is 13.2 Å². The number of carbonyl (C=O) groups excluding carboxylic acids is 1. The van der Waals surface area contributed by atoms with Crippen molar-refractivity contribution < 1.29 is 28.2 Å². The molecule has 0 aromatic heterocycles. The van der Waals surface area contributed by atoms with Crippen LogP contribution in [0.15, 0.2) is 29.2 Å². The van der Waals surface area contributed by atoms with E-state index in [0.29, 0.717) is 0 Å². The lowest BCUT2D eigenvalue weighted by atomic mass is 10.1. The molecule has 0 spiro atoms. The van der Waals surface area contributed by atoms with Crippen molar-refractivity contribution in [2.75, 3.05) is 20.3 Å². The van der Waals surface area contributed by atoms with Gasteiger partial charge in [0.2, 0.25) is 10.0 Å². The third-order valence-corrected chi connectivity index (χ3v) is 4.32. The number of hydrogen-bond acceptors (Lipinski definition) is 6. The first-order valence-corrected chi connectivity index (χ1v) is 7.20. The van der Waals surface area contributed by atoms with Crippen LogP contribution in [-0.2, 0) is 14.8 Å². The maximum absolute atomic E-state index is 12.1. The Bertz CT molecular complexity index is 562. The molecule has 0 bridgehead atoms. The summed E-state index contributed by atoms with van der Waals surface area (Å²) in [6.07, 6.45) is 0. The zero-order chi connectivity index (χ0) is 15.4. The van der Waals surface area contributed by atoms with Gasteiger partial charge < -0.3 is 14.9 Å². The van der Waals surface area contributed by atoms with E-state index < -0.39 is 34.7 Å². The molecule has 0 unspecified atom stereocenters. The summed E-state index contributed by atoms with van der Waals surface area (Å²) in [5.74, 6) is -0.572. The third-order valence-electron chi connectivity index (χ3n) is 2.66. The Morgan fingerprint density at radius 2 is 1.75 bits per heavy atom. The normalized spacial score (nSPS) is 12.2. The molecule has 0 saturated heterocycles. The standard InChI is InChI=1S/C12H17NO6S/c1-12(7-14,8-15)13-20(17,18)10-5-3-9(4-6-10)11(16)19-2/h3-6,13-15H,7-8H2,1-2H3. The number of ether oxygens (including phenoxy) is 1. The average Bonchev–Trinajstić information content (AvgIpc) is 2.46. The number of hydrogen-bond donors (Lipinski definition) is 3. The lowest BCUT2D eigenvalue weighted by Gasteiger charge is -2.25. The number of sulfonamides is 1. The van der Waals surface area contributed by atoms with Gasteiger partial charge in [-0.2, -0.15) is 0 Å². The van der Waals surface area contributed by atoms with Gasteiger partial charge >= 0.3 is 5.97 Å². The van der Waals surface area contributed by atoms with Gasteiger partial charge in [0.25, 0.3) is 0 Å². The Morgan fingerprint density at radius 3 is 2.15 bits per heavy atom. The van der Waals surface area contributed by atoms with Crippen LogP contribution in [0.2, 0.25) is 0 Å². The zero-order valence-electron chi connectivity index (χ0n) is 11.2. The summed E-state index contributed by atoms with van der Waals surface area (Å²) in [7, 11) is -2.69. The molecule has 0 aliphatic carbocycles. The van der Waals surface area contributed by atoms with E-state index in [1.807, 2.05) is 0 Å². The SMILES string of the molecule is COC(=O)c1ccc(S(=O)(=O)NC(C)(CO)CO)cc1. The number of carbonyl (C=O) groups is 1. The fourth-order valence-electron chi connectivity index (χ4n) is 1.39. The first-order chi connectivity index (χ1) is 9.28. The van der Waals surface area contributed by atoms with Crippen molar-refractivity contribution in [3.05, 3.63) is 29.8 Å². The predicted octanol–water partition coefficient (Wildman–Crippen LogP) is -0.505. The summed E-state index contributed by atoms with van der Waals surface area (Å²) >= 11 is 0. The number of benzene rings is 1. The quantitative estimate of drug-likeness (QED) is 0.610. The fraction of sp³-hybridized carbons (Fsp3) is 0.417. The molecule has 0 amide bonds. The molecule has 1 aromatic rings. The molecular formula is C12H17NO6S. The average molecular weight is 303 g/mol. The van der Waals surface area contributed by atoms with Gasteiger partial charge in [-0.3, -0.25) is 0 Å². The van der Waals surface area contributed by atoms with Crippen molar-refractivity contribution in [2.24, 2.45) is 0 Å². The van der Waals surface area contributed by atoms with E-state index >= 15 is 0 Å². The molecule has 0 saturated carbocycles. The molecule has 3 N–H and O–H groups in total. The highest BCUT2D eigenvalue weighted by Gasteiger charge is 2.29. The maximum atomic E-state index is 12.1. The Morgan fingerprint density at radius 1 is 1.25 bits per heavy atom. The predicted molar refractivity (Wildman–Crippen MR) is 70.7 cm³/mol. The first-order valence-electron chi connectivity index (χ1n) is 5.72. The molecule has 0 aliphatic heterocycles. The van der Waals surface area contributed by atoms with Crippen molar-refractivity contribution >= 4 is 16.0 Å². The number of rotatable bonds is 6. The monoisotopic (exact) mass is 303 g/mol. The van der Waals surface area contributed by atoms with E-state index in [1.165, 1.54) is 38.3 Å². The van der Waals surface area contributed by atoms with Gasteiger partial charge in [0.05, 0.1) is 36.3 Å². The van der Waals surface area contributed by atoms with Gasteiger partial charge in [0.1, 0.15) is 0 Å². The van der Waals surface area contributed by atoms with Gasteiger partial charge in [0.15, 0.2) is 0 Å². The highest BCUT2D eigenvalue weighted by molar-refractivity contribution is 7.89. The Labute approximate surface area is 117 Å².